The Morgan fingerprint density at radius 3 is 1.47 bits per heavy atom. The Hall–Kier alpha value is -2.17. The second kappa shape index (κ2) is 14.1. The molecule has 156 valence electrons. The van der Waals surface area contributed by atoms with Crippen LogP contribution in [0.15, 0.2) is 48.8 Å². The molecule has 4 heterocycles. The number of hydrogen-bond donors (Lipinski definition) is 0. The minimum atomic E-state index is -1.25. The number of carboxylic acids is 2. The van der Waals surface area contributed by atoms with Gasteiger partial charge in [0.2, 0.25) is 0 Å². The zero-order valence-corrected chi connectivity index (χ0v) is 18.2. The van der Waals surface area contributed by atoms with Crippen LogP contribution >= 0.6 is 0 Å². The van der Waals surface area contributed by atoms with E-state index in [1.54, 1.807) is 12.1 Å². The van der Waals surface area contributed by atoms with E-state index >= 15 is 0 Å². The number of ether oxygens (including phenoxy) is 2. The van der Waals surface area contributed by atoms with Crippen molar-refractivity contribution in [3.8, 4) is 0 Å². The molecular weight excluding hydrogens is 402 g/mol. The Balaban J connectivity index is 0.000000301. The Morgan fingerprint density at radius 2 is 1.16 bits per heavy atom. The first-order valence-electron chi connectivity index (χ1n) is 9.43. The fourth-order valence-corrected chi connectivity index (χ4v) is 3.06. The van der Waals surface area contributed by atoms with Gasteiger partial charge in [-0.05, 0) is 59.4 Å². The molecule has 4 rings (SSSR count). The zero-order valence-electron chi connectivity index (χ0n) is 18.2. The summed E-state index contributed by atoms with van der Waals surface area (Å²) in [7, 11) is 0. The number of rotatable bonds is 4. The topological polar surface area (TPSA) is 124 Å². The summed E-state index contributed by atoms with van der Waals surface area (Å²) in [5.74, 6) is -2.49. The third-order valence-corrected chi connectivity index (χ3v) is 4.61. The van der Waals surface area contributed by atoms with Crippen LogP contribution in [0.5, 0.6) is 0 Å². The van der Waals surface area contributed by atoms with E-state index in [4.69, 9.17) is 9.47 Å². The van der Waals surface area contributed by atoms with Gasteiger partial charge in [-0.3, -0.25) is 9.97 Å². The predicted octanol–water partition coefficient (Wildman–Crippen LogP) is -5.49. The van der Waals surface area contributed by atoms with Crippen molar-refractivity contribution < 1.29 is 67.0 Å². The van der Waals surface area contributed by atoms with Crippen molar-refractivity contribution in [1.82, 2.24) is 9.97 Å². The molecule has 2 aromatic heterocycles. The van der Waals surface area contributed by atoms with Gasteiger partial charge < -0.3 is 29.3 Å². The van der Waals surface area contributed by atoms with Crippen molar-refractivity contribution in [3.63, 3.8) is 0 Å². The molecule has 0 aliphatic carbocycles. The predicted molar refractivity (Wildman–Crippen MR) is 104 cm³/mol. The third kappa shape index (κ3) is 8.07. The molecule has 0 amide bonds. The number of nitrogens with zero attached hydrogens (tertiary/aromatic N) is 2. The van der Waals surface area contributed by atoms with Gasteiger partial charge in [0.15, 0.2) is 0 Å². The molecule has 0 saturated heterocycles. The van der Waals surface area contributed by atoms with Gasteiger partial charge in [0.1, 0.15) is 0 Å². The van der Waals surface area contributed by atoms with Crippen molar-refractivity contribution in [2.45, 2.75) is 12.8 Å². The number of aromatic nitrogens is 2. The van der Waals surface area contributed by atoms with Crippen LogP contribution in [0, 0.1) is 0 Å². The van der Waals surface area contributed by atoms with E-state index in [2.05, 4.69) is 9.97 Å². The smallest absolute Gasteiger partial charge is 0.543 e. The molecule has 0 unspecified atom stereocenters. The van der Waals surface area contributed by atoms with E-state index in [9.17, 15) is 19.8 Å². The summed E-state index contributed by atoms with van der Waals surface area (Å²) in [4.78, 5) is 28.7. The summed E-state index contributed by atoms with van der Waals surface area (Å²) in [5.41, 5.74) is 3.91. The summed E-state index contributed by atoms with van der Waals surface area (Å²) in [6.07, 6.45) is 8.48. The summed E-state index contributed by atoms with van der Waals surface area (Å²) in [6.45, 7) is 2.51. The Kier molecular flexibility index (Phi) is 12.3. The number of hydrogen-bond acceptors (Lipinski definition) is 8. The molecule has 10 heteroatoms. The first-order chi connectivity index (χ1) is 14.5. The van der Waals surface area contributed by atoms with Crippen LogP contribution in [-0.2, 0) is 9.47 Å². The molecule has 2 aliphatic heterocycles. The molecule has 2 aliphatic rings. The van der Waals surface area contributed by atoms with Crippen LogP contribution in [0.25, 0.3) is 11.1 Å². The largest absolute Gasteiger partial charge is 1.00 e. The summed E-state index contributed by atoms with van der Waals surface area (Å²) < 4.78 is 10.4. The fourth-order valence-electron chi connectivity index (χ4n) is 3.06. The van der Waals surface area contributed by atoms with Crippen LogP contribution < -0.4 is 47.9 Å². The minimum absolute atomic E-state index is 0. The van der Waals surface area contributed by atoms with E-state index in [1.807, 2.05) is 12.2 Å². The van der Waals surface area contributed by atoms with Crippen molar-refractivity contribution in [1.29, 1.82) is 0 Å². The normalized spacial score (nSPS) is 14.9. The number of pyridine rings is 2. The van der Waals surface area contributed by atoms with Crippen LogP contribution in [0.2, 0.25) is 0 Å². The van der Waals surface area contributed by atoms with Gasteiger partial charge in [-0.25, -0.2) is 0 Å². The zero-order chi connectivity index (χ0) is 21.3. The van der Waals surface area contributed by atoms with Crippen LogP contribution in [-0.4, -0.2) is 48.3 Å². The van der Waals surface area contributed by atoms with Crippen LogP contribution in [0.4, 0.5) is 0 Å². The number of aromatic carboxylic acids is 2. The van der Waals surface area contributed by atoms with E-state index in [-0.39, 0.29) is 49.1 Å². The van der Waals surface area contributed by atoms with Gasteiger partial charge in [0.25, 0.3) is 0 Å². The third-order valence-electron chi connectivity index (χ3n) is 4.61. The monoisotopic (exact) mass is 422 g/mol. The standard InChI is InChI=1S/2C11H11NO3.2Li/c2*13-11(14)10-7-9(1-4-12-10)8-2-5-15-6-3-8;;/h2*1-2,4,7H,3,5-6H2,(H,13,14);;/q;;2*+1/p-2. The van der Waals surface area contributed by atoms with Crippen molar-refractivity contribution in [2.24, 2.45) is 0 Å². The number of carbonyl (C=O) groups excluding carboxylic acids is 2. The summed E-state index contributed by atoms with van der Waals surface area (Å²) >= 11 is 0. The van der Waals surface area contributed by atoms with Crippen LogP contribution in [0.1, 0.15) is 44.9 Å². The second-order valence-electron chi connectivity index (χ2n) is 6.54. The molecule has 32 heavy (non-hydrogen) atoms. The van der Waals surface area contributed by atoms with E-state index in [0.717, 1.165) is 35.1 Å². The summed E-state index contributed by atoms with van der Waals surface area (Å²) in [6, 6.07) is 6.66. The molecule has 0 saturated carbocycles. The molecule has 2 aromatic rings. The fraction of sp³-hybridized carbons (Fsp3) is 0.273. The van der Waals surface area contributed by atoms with E-state index in [1.165, 1.54) is 24.5 Å². The average Bonchev–Trinajstić information content (AvgIpc) is 2.81. The van der Waals surface area contributed by atoms with E-state index in [0.29, 0.717) is 26.4 Å². The Bertz CT molecular complexity index is 914. The second-order valence-corrected chi connectivity index (χ2v) is 6.54. The quantitative estimate of drug-likeness (QED) is 0.447. The average molecular weight is 422 g/mol. The van der Waals surface area contributed by atoms with Crippen LogP contribution in [0.3, 0.4) is 0 Å². The molecule has 0 aromatic carbocycles. The molecular formula is C22H20Li2N2O6. The minimum Gasteiger partial charge on any atom is -0.543 e. The SMILES string of the molecule is O=C([O-])c1cc(C2=CCOCC2)ccn1.O=C([O-])c1cc(C2=CCOCC2)ccn1.[Li+].[Li+]. The van der Waals surface area contributed by atoms with Gasteiger partial charge >= 0.3 is 37.7 Å². The van der Waals surface area contributed by atoms with Gasteiger partial charge in [0, 0.05) is 12.4 Å². The molecule has 0 N–H and O–H groups in total. The Morgan fingerprint density at radius 1 is 0.750 bits per heavy atom. The first kappa shape index (κ1) is 27.9. The van der Waals surface area contributed by atoms with Crippen molar-refractivity contribution in [2.75, 3.05) is 26.4 Å². The molecule has 0 atom stereocenters. The molecule has 0 spiro atoms. The van der Waals surface area contributed by atoms with Gasteiger partial charge in [-0.1, -0.05) is 12.2 Å². The molecule has 8 nitrogen and oxygen atoms in total. The first-order valence-corrected chi connectivity index (χ1v) is 9.43. The van der Waals surface area contributed by atoms with Gasteiger partial charge in [0.05, 0.1) is 49.8 Å². The maximum Gasteiger partial charge on any atom is 1.00 e. The maximum absolute atomic E-state index is 10.6. The van der Waals surface area contributed by atoms with Gasteiger partial charge in [-0.2, -0.15) is 0 Å². The number of carbonyl (C=O) groups is 2. The molecule has 0 fully saturated rings. The van der Waals surface area contributed by atoms with Crippen molar-refractivity contribution >= 4 is 23.1 Å². The van der Waals surface area contributed by atoms with E-state index < -0.39 is 11.9 Å². The van der Waals surface area contributed by atoms with Crippen molar-refractivity contribution in [3.05, 3.63) is 71.3 Å². The maximum atomic E-state index is 10.6. The number of carboxylic acid groups (broad SMARTS) is 2. The van der Waals surface area contributed by atoms with Gasteiger partial charge in [-0.15, -0.1) is 0 Å². The molecule has 0 bridgehead atoms. The Labute approximate surface area is 210 Å². The summed E-state index contributed by atoms with van der Waals surface area (Å²) in [5, 5.41) is 21.2. The molecule has 0 radical (unpaired) electrons.